The summed E-state index contributed by atoms with van der Waals surface area (Å²) in [4.78, 5) is 11.8. The first-order valence-corrected chi connectivity index (χ1v) is 14.4. The van der Waals surface area contributed by atoms with Gasteiger partial charge in [-0.05, 0) is 99.2 Å². The molecule has 1 saturated heterocycles. The third-order valence-corrected chi connectivity index (χ3v) is 12.2. The van der Waals surface area contributed by atoms with Crippen molar-refractivity contribution in [3.8, 4) is 0 Å². The van der Waals surface area contributed by atoms with Crippen molar-refractivity contribution in [2.45, 2.75) is 136 Å². The maximum atomic E-state index is 11.8. The fourth-order valence-electron chi connectivity index (χ4n) is 10.6. The molecule has 0 aromatic heterocycles. The van der Waals surface area contributed by atoms with Crippen LogP contribution >= 0.6 is 0 Å². The van der Waals surface area contributed by atoms with E-state index in [0.29, 0.717) is 5.41 Å². The van der Waals surface area contributed by atoms with E-state index in [9.17, 15) is 4.79 Å². The van der Waals surface area contributed by atoms with Crippen LogP contribution in [0.3, 0.4) is 0 Å². The monoisotopic (exact) mass is 458 g/mol. The van der Waals surface area contributed by atoms with Gasteiger partial charge in [-0.1, -0.05) is 53.9 Å². The van der Waals surface area contributed by atoms with Gasteiger partial charge in [0, 0.05) is 12.3 Å². The van der Waals surface area contributed by atoms with Gasteiger partial charge in [0.2, 0.25) is 0 Å². The van der Waals surface area contributed by atoms with Crippen LogP contribution in [0.15, 0.2) is 0 Å². The van der Waals surface area contributed by atoms with Gasteiger partial charge in [-0.3, -0.25) is 4.79 Å². The van der Waals surface area contributed by atoms with Gasteiger partial charge in [0.05, 0.1) is 0 Å². The predicted molar refractivity (Wildman–Crippen MR) is 133 cm³/mol. The van der Waals surface area contributed by atoms with Crippen molar-refractivity contribution < 1.29 is 14.3 Å². The van der Waals surface area contributed by atoms with E-state index >= 15 is 0 Å². The molecule has 5 fully saturated rings. The van der Waals surface area contributed by atoms with E-state index in [-0.39, 0.29) is 28.7 Å². The Bertz CT molecular complexity index is 777. The molecule has 0 amide bonds. The van der Waals surface area contributed by atoms with E-state index in [2.05, 4.69) is 41.5 Å². The molecule has 5 rings (SSSR count). The first-order chi connectivity index (χ1) is 15.5. The quantitative estimate of drug-likeness (QED) is 0.304. The van der Waals surface area contributed by atoms with Gasteiger partial charge >= 0.3 is 5.97 Å². The second-order valence-corrected chi connectivity index (χ2v) is 14.0. The molecule has 4 aliphatic carbocycles. The van der Waals surface area contributed by atoms with Gasteiger partial charge in [0.25, 0.3) is 0 Å². The molecule has 0 N–H and O–H groups in total. The molecule has 0 aromatic rings. The molecule has 1 spiro atoms. The van der Waals surface area contributed by atoms with Crippen LogP contribution < -0.4 is 0 Å². The molecule has 188 valence electrons. The highest BCUT2D eigenvalue weighted by Crippen LogP contribution is 2.77. The van der Waals surface area contributed by atoms with Crippen molar-refractivity contribution >= 4 is 5.97 Å². The zero-order chi connectivity index (χ0) is 23.8. The highest BCUT2D eigenvalue weighted by atomic mass is 16.7. The number of hydrogen-bond donors (Lipinski definition) is 0. The summed E-state index contributed by atoms with van der Waals surface area (Å²) in [5.41, 5.74) is 0.460. The maximum absolute atomic E-state index is 11.8. The first kappa shape index (κ1) is 24.1. The highest BCUT2D eigenvalue weighted by Gasteiger charge is 2.83. The molecule has 3 nitrogen and oxygen atoms in total. The van der Waals surface area contributed by atoms with Crippen LogP contribution in [-0.2, 0) is 14.3 Å². The SMILES string of the molecule is CC(=O)O[C@H]1CC[C@]2(C)[C@H]3CC[C@]4(C)[C@@H]([C@H](C)CCCC(C)C)CC[C@H]4[C@@H]3CC[C@]23O[C@@]13C. The Labute approximate surface area is 203 Å². The Hall–Kier alpha value is -0.570. The molecule has 0 unspecified atom stereocenters. The molecule has 3 heteroatoms. The molecule has 1 aliphatic heterocycles. The van der Waals surface area contributed by atoms with Crippen LogP contribution in [-0.4, -0.2) is 23.3 Å². The number of ether oxygens (including phenoxy) is 2. The minimum absolute atomic E-state index is 0.0592. The fourth-order valence-corrected chi connectivity index (χ4v) is 10.6. The lowest BCUT2D eigenvalue weighted by Gasteiger charge is -2.60. The van der Waals surface area contributed by atoms with Crippen LogP contribution in [0.5, 0.6) is 0 Å². The van der Waals surface area contributed by atoms with E-state index in [0.717, 1.165) is 48.3 Å². The molecule has 0 aromatic carbocycles. The van der Waals surface area contributed by atoms with Crippen molar-refractivity contribution in [1.82, 2.24) is 0 Å². The van der Waals surface area contributed by atoms with Crippen molar-refractivity contribution in [2.75, 3.05) is 0 Å². The second-order valence-electron chi connectivity index (χ2n) is 14.0. The highest BCUT2D eigenvalue weighted by molar-refractivity contribution is 5.66. The molecule has 4 saturated carbocycles. The van der Waals surface area contributed by atoms with Crippen LogP contribution in [0.1, 0.15) is 119 Å². The number of carbonyl (C=O) groups excluding carboxylic acids is 1. The standard InChI is InChI=1S/C30H50O3/c1-19(2)9-8-10-20(3)23-11-12-24-22-13-18-30-28(6,25(22)14-16-27(23,24)5)17-15-26(32-21(4)31)29(30,7)33-30/h19-20,22-26H,8-18H2,1-7H3/t20-,22+,23-,24+,25+,26+,27-,28-,29+,30+/m1/s1. The van der Waals surface area contributed by atoms with E-state index in [1.807, 2.05) is 0 Å². The average molecular weight is 459 g/mol. The topological polar surface area (TPSA) is 38.8 Å². The summed E-state index contributed by atoms with van der Waals surface area (Å²) in [5.74, 6) is 5.01. The Morgan fingerprint density at radius 1 is 0.939 bits per heavy atom. The van der Waals surface area contributed by atoms with Crippen LogP contribution in [0.4, 0.5) is 0 Å². The number of esters is 1. The maximum Gasteiger partial charge on any atom is 0.303 e. The molecular formula is C30H50O3. The minimum Gasteiger partial charge on any atom is -0.459 e. The molecule has 0 radical (unpaired) electrons. The van der Waals surface area contributed by atoms with Gasteiger partial charge < -0.3 is 9.47 Å². The summed E-state index contributed by atoms with van der Waals surface area (Å²) >= 11 is 0. The zero-order valence-electron chi connectivity index (χ0n) is 22.5. The van der Waals surface area contributed by atoms with E-state index in [1.165, 1.54) is 57.8 Å². The van der Waals surface area contributed by atoms with Crippen LogP contribution in [0.25, 0.3) is 0 Å². The Morgan fingerprint density at radius 3 is 2.39 bits per heavy atom. The zero-order valence-corrected chi connectivity index (χ0v) is 22.5. The summed E-state index contributed by atoms with van der Waals surface area (Å²) in [6.45, 7) is 16.3. The van der Waals surface area contributed by atoms with Crippen molar-refractivity contribution in [3.05, 3.63) is 0 Å². The van der Waals surface area contributed by atoms with E-state index in [4.69, 9.17) is 9.47 Å². The van der Waals surface area contributed by atoms with Gasteiger partial charge in [-0.15, -0.1) is 0 Å². The normalized spacial score (nSPS) is 51.2. The van der Waals surface area contributed by atoms with E-state index in [1.54, 1.807) is 6.92 Å². The Kier molecular flexibility index (Phi) is 5.83. The lowest BCUT2D eigenvalue weighted by atomic mass is 9.43. The van der Waals surface area contributed by atoms with Crippen molar-refractivity contribution in [3.63, 3.8) is 0 Å². The largest absolute Gasteiger partial charge is 0.459 e. The molecule has 1 heterocycles. The number of carbonyl (C=O) groups is 1. The van der Waals surface area contributed by atoms with Crippen molar-refractivity contribution in [2.24, 2.45) is 46.3 Å². The number of rotatable bonds is 6. The molecule has 10 atom stereocenters. The number of hydrogen-bond acceptors (Lipinski definition) is 3. The summed E-state index contributed by atoms with van der Waals surface area (Å²) in [6, 6.07) is 0. The molecule has 5 aliphatic rings. The predicted octanol–water partition coefficient (Wildman–Crippen LogP) is 7.56. The second kappa shape index (κ2) is 7.97. The first-order valence-electron chi connectivity index (χ1n) is 14.4. The smallest absolute Gasteiger partial charge is 0.303 e. The summed E-state index contributed by atoms with van der Waals surface area (Å²) < 4.78 is 12.5. The van der Waals surface area contributed by atoms with Gasteiger partial charge in [-0.2, -0.15) is 0 Å². The van der Waals surface area contributed by atoms with Gasteiger partial charge in [-0.25, -0.2) is 0 Å². The Morgan fingerprint density at radius 2 is 1.70 bits per heavy atom. The summed E-state index contributed by atoms with van der Waals surface area (Å²) in [7, 11) is 0. The van der Waals surface area contributed by atoms with Crippen LogP contribution in [0.2, 0.25) is 0 Å². The summed E-state index contributed by atoms with van der Waals surface area (Å²) in [5, 5.41) is 0. The summed E-state index contributed by atoms with van der Waals surface area (Å²) in [6.07, 6.45) is 14.5. The van der Waals surface area contributed by atoms with Gasteiger partial charge in [0.1, 0.15) is 17.3 Å². The Balaban J connectivity index is 1.32. The lowest BCUT2D eigenvalue weighted by molar-refractivity contribution is -0.156. The number of fused-ring (bicyclic) bond motifs is 4. The molecule has 0 bridgehead atoms. The third-order valence-electron chi connectivity index (χ3n) is 12.2. The molecular weight excluding hydrogens is 408 g/mol. The minimum atomic E-state index is -0.263. The van der Waals surface area contributed by atoms with Crippen molar-refractivity contribution in [1.29, 1.82) is 0 Å². The fraction of sp³-hybridized carbons (Fsp3) is 0.967. The third kappa shape index (κ3) is 3.33. The molecule has 33 heavy (non-hydrogen) atoms. The van der Waals surface area contributed by atoms with Gasteiger partial charge in [0.15, 0.2) is 0 Å². The van der Waals surface area contributed by atoms with Crippen LogP contribution in [0, 0.1) is 46.3 Å². The lowest BCUT2D eigenvalue weighted by Crippen LogP contribution is -2.61. The van der Waals surface area contributed by atoms with E-state index < -0.39 is 0 Å². The average Bonchev–Trinajstić information content (AvgIpc) is 3.21. The number of epoxide rings is 1.